The van der Waals surface area contributed by atoms with E-state index < -0.39 is 14.2 Å². The molecule has 0 aromatic heterocycles. The van der Waals surface area contributed by atoms with Gasteiger partial charge in [0.15, 0.2) is 8.32 Å². The van der Waals surface area contributed by atoms with Crippen molar-refractivity contribution in [3.63, 3.8) is 0 Å². The van der Waals surface area contributed by atoms with Gasteiger partial charge in [0.25, 0.3) is 0 Å². The normalized spacial score (nSPS) is 13.7. The molecule has 128 valence electrons. The number of nitrogens with zero attached hydrogens (tertiary/aromatic N) is 1. The Balaban J connectivity index is 2.49. The van der Waals surface area contributed by atoms with Gasteiger partial charge in [0.1, 0.15) is 5.82 Å². The zero-order chi connectivity index (χ0) is 17.7. The molecule has 0 N–H and O–H groups in total. The van der Waals surface area contributed by atoms with E-state index in [4.69, 9.17) is 4.43 Å². The van der Waals surface area contributed by atoms with Crippen molar-refractivity contribution >= 4 is 24.2 Å². The van der Waals surface area contributed by atoms with Crippen molar-refractivity contribution in [2.45, 2.75) is 64.1 Å². The minimum atomic E-state index is -1.70. The van der Waals surface area contributed by atoms with Crippen LogP contribution >= 0.6 is 15.9 Å². The molecule has 1 atom stereocenters. The van der Waals surface area contributed by atoms with Crippen molar-refractivity contribution in [2.75, 3.05) is 6.61 Å². The van der Waals surface area contributed by atoms with E-state index >= 15 is 0 Å². The van der Waals surface area contributed by atoms with Gasteiger partial charge in [-0.05, 0) is 59.4 Å². The fourth-order valence-corrected chi connectivity index (χ4v) is 3.54. The van der Waals surface area contributed by atoms with Crippen LogP contribution in [0.15, 0.2) is 22.7 Å². The van der Waals surface area contributed by atoms with E-state index in [1.807, 2.05) is 0 Å². The van der Waals surface area contributed by atoms with Crippen molar-refractivity contribution in [2.24, 2.45) is 0 Å². The van der Waals surface area contributed by atoms with E-state index in [-0.39, 0.29) is 10.9 Å². The maximum absolute atomic E-state index is 14.1. The number of hydrogen-bond acceptors (Lipinski definition) is 2. The maximum atomic E-state index is 14.1. The van der Waals surface area contributed by atoms with Gasteiger partial charge < -0.3 is 4.43 Å². The highest BCUT2D eigenvalue weighted by Crippen LogP contribution is 2.36. The second-order valence-electron chi connectivity index (χ2n) is 7.43. The molecule has 1 unspecified atom stereocenters. The third kappa shape index (κ3) is 5.70. The molecule has 0 aliphatic heterocycles. The van der Waals surface area contributed by atoms with Gasteiger partial charge in [0, 0.05) is 12.2 Å². The van der Waals surface area contributed by atoms with Crippen LogP contribution < -0.4 is 0 Å². The summed E-state index contributed by atoms with van der Waals surface area (Å²) in [6.07, 6.45) is 2.42. The Kier molecular flexibility index (Phi) is 7.44. The summed E-state index contributed by atoms with van der Waals surface area (Å²) < 4.78 is 20.6. The molecule has 0 heterocycles. The van der Waals surface area contributed by atoms with E-state index in [0.29, 0.717) is 16.5 Å². The number of hydrogen-bond donors (Lipinski definition) is 0. The van der Waals surface area contributed by atoms with Gasteiger partial charge in [-0.3, -0.25) is 0 Å². The molecule has 0 spiro atoms. The summed E-state index contributed by atoms with van der Waals surface area (Å²) in [6.45, 7) is 11.9. The van der Waals surface area contributed by atoms with Crippen LogP contribution in [0.3, 0.4) is 0 Å². The molecule has 0 saturated carbocycles. The second-order valence-corrected chi connectivity index (χ2v) is 13.1. The van der Waals surface area contributed by atoms with Crippen LogP contribution in [0.5, 0.6) is 0 Å². The smallest absolute Gasteiger partial charge is 0.191 e. The van der Waals surface area contributed by atoms with Crippen LogP contribution in [0.4, 0.5) is 4.39 Å². The Morgan fingerprint density at radius 1 is 1.30 bits per heavy atom. The first-order valence-corrected chi connectivity index (χ1v) is 11.8. The SMILES string of the molecule is CC(C)(C)[Si](C)(C)OCCCCC(C#N)c1cccc(Br)c1F. The minimum absolute atomic E-state index is 0.210. The number of halogens is 2. The minimum Gasteiger partial charge on any atom is -0.417 e. The topological polar surface area (TPSA) is 33.0 Å². The van der Waals surface area contributed by atoms with Crippen LogP contribution in [-0.2, 0) is 4.43 Å². The summed E-state index contributed by atoms with van der Waals surface area (Å²) in [4.78, 5) is 0. The van der Waals surface area contributed by atoms with Crippen LogP contribution in [0.1, 0.15) is 51.5 Å². The maximum Gasteiger partial charge on any atom is 0.191 e. The van der Waals surface area contributed by atoms with Gasteiger partial charge in [-0.1, -0.05) is 32.9 Å². The van der Waals surface area contributed by atoms with Crippen LogP contribution in [0, 0.1) is 17.1 Å². The molecule has 1 aromatic rings. The molecule has 0 saturated heterocycles. The summed E-state index contributed by atoms with van der Waals surface area (Å²) in [5, 5.41) is 9.54. The van der Waals surface area contributed by atoms with Crippen molar-refractivity contribution in [1.82, 2.24) is 0 Å². The quantitative estimate of drug-likeness (QED) is 0.393. The van der Waals surface area contributed by atoms with Crippen LogP contribution in [-0.4, -0.2) is 14.9 Å². The first-order valence-electron chi connectivity index (χ1n) is 8.07. The van der Waals surface area contributed by atoms with E-state index in [1.165, 1.54) is 0 Å². The predicted molar refractivity (Wildman–Crippen MR) is 99.5 cm³/mol. The molecule has 5 heteroatoms. The monoisotopic (exact) mass is 399 g/mol. The summed E-state index contributed by atoms with van der Waals surface area (Å²) in [6, 6.07) is 7.34. The first kappa shape index (κ1) is 20.3. The largest absolute Gasteiger partial charge is 0.417 e. The molecule has 0 radical (unpaired) electrons. The Labute approximate surface area is 149 Å². The van der Waals surface area contributed by atoms with Crippen molar-refractivity contribution < 1.29 is 8.82 Å². The molecule has 0 aliphatic rings. The van der Waals surface area contributed by atoms with Crippen LogP contribution in [0.2, 0.25) is 18.1 Å². The number of nitriles is 1. The van der Waals surface area contributed by atoms with Gasteiger partial charge in [0.2, 0.25) is 0 Å². The Morgan fingerprint density at radius 2 is 1.96 bits per heavy atom. The lowest BCUT2D eigenvalue weighted by Crippen LogP contribution is -2.40. The molecule has 0 bridgehead atoms. The lowest BCUT2D eigenvalue weighted by Gasteiger charge is -2.36. The standard InChI is InChI=1S/C18H27BrFNOSi/c1-18(2,3)23(4,5)22-12-7-6-9-14(13-21)15-10-8-11-16(19)17(15)20/h8,10-11,14H,6-7,9,12H2,1-5H3. The average molecular weight is 400 g/mol. The molecule has 1 aromatic carbocycles. The van der Waals surface area contributed by atoms with Crippen molar-refractivity contribution in [3.8, 4) is 6.07 Å². The van der Waals surface area contributed by atoms with E-state index in [1.54, 1.807) is 18.2 Å². The van der Waals surface area contributed by atoms with Gasteiger partial charge >= 0.3 is 0 Å². The van der Waals surface area contributed by atoms with Gasteiger partial charge in [0.05, 0.1) is 16.5 Å². The molecule has 2 nitrogen and oxygen atoms in total. The average Bonchev–Trinajstić information content (AvgIpc) is 2.45. The molecule has 0 amide bonds. The van der Waals surface area contributed by atoms with Gasteiger partial charge in [-0.2, -0.15) is 5.26 Å². The van der Waals surface area contributed by atoms with E-state index in [2.05, 4.69) is 55.9 Å². The summed E-state index contributed by atoms with van der Waals surface area (Å²) >= 11 is 3.18. The Morgan fingerprint density at radius 3 is 2.52 bits per heavy atom. The highest BCUT2D eigenvalue weighted by Gasteiger charge is 2.36. The Bertz CT molecular complexity index is 563. The molecule has 1 rings (SSSR count). The molecule has 0 fully saturated rings. The highest BCUT2D eigenvalue weighted by atomic mass is 79.9. The van der Waals surface area contributed by atoms with E-state index in [0.717, 1.165) is 19.4 Å². The zero-order valence-electron chi connectivity index (χ0n) is 14.7. The van der Waals surface area contributed by atoms with Crippen molar-refractivity contribution in [1.29, 1.82) is 5.26 Å². The summed E-state index contributed by atoms with van der Waals surface area (Å²) in [5.74, 6) is -0.725. The predicted octanol–water partition coefficient (Wildman–Crippen LogP) is 6.39. The third-order valence-corrected chi connectivity index (χ3v) is 9.82. The lowest BCUT2D eigenvalue weighted by atomic mass is 9.94. The van der Waals surface area contributed by atoms with Crippen molar-refractivity contribution in [3.05, 3.63) is 34.1 Å². The third-order valence-electron chi connectivity index (χ3n) is 4.67. The molecule has 0 aliphatic carbocycles. The van der Waals surface area contributed by atoms with Crippen LogP contribution in [0.25, 0.3) is 0 Å². The second kappa shape index (κ2) is 8.41. The highest BCUT2D eigenvalue weighted by molar-refractivity contribution is 9.10. The number of benzene rings is 1. The molecular weight excluding hydrogens is 373 g/mol. The number of unbranched alkanes of at least 4 members (excludes halogenated alkanes) is 1. The molecule has 23 heavy (non-hydrogen) atoms. The fraction of sp³-hybridized carbons (Fsp3) is 0.611. The summed E-state index contributed by atoms with van der Waals surface area (Å²) in [5.41, 5.74) is 0.479. The zero-order valence-corrected chi connectivity index (χ0v) is 17.3. The van der Waals surface area contributed by atoms with Gasteiger partial charge in [-0.15, -0.1) is 0 Å². The molecular formula is C18H27BrFNOSi. The Hall–Kier alpha value is -0.703. The number of rotatable bonds is 7. The fourth-order valence-electron chi connectivity index (χ4n) is 2.07. The summed E-state index contributed by atoms with van der Waals surface area (Å²) in [7, 11) is -1.70. The lowest BCUT2D eigenvalue weighted by molar-refractivity contribution is 0.277. The first-order chi connectivity index (χ1) is 10.6. The van der Waals surface area contributed by atoms with E-state index in [9.17, 15) is 9.65 Å². The van der Waals surface area contributed by atoms with Gasteiger partial charge in [-0.25, -0.2) is 4.39 Å².